The predicted molar refractivity (Wildman–Crippen MR) is 133 cm³/mol. The zero-order valence-electron chi connectivity index (χ0n) is 20.5. The maximum atomic E-state index is 5.67. The van der Waals surface area contributed by atoms with Gasteiger partial charge in [0.15, 0.2) is 5.82 Å². The highest BCUT2D eigenvalue weighted by Crippen LogP contribution is 2.44. The van der Waals surface area contributed by atoms with E-state index in [1.807, 2.05) is 0 Å². The number of hydrogen-bond donors (Lipinski definition) is 0. The Kier molecular flexibility index (Phi) is 8.82. The second-order valence-electron chi connectivity index (χ2n) is 10.6. The van der Waals surface area contributed by atoms with Crippen LogP contribution in [0.15, 0.2) is 28.8 Å². The van der Waals surface area contributed by atoms with E-state index in [0.29, 0.717) is 11.8 Å². The summed E-state index contributed by atoms with van der Waals surface area (Å²) < 4.78 is 5.67. The monoisotopic (exact) mass is 436 g/mol. The number of nitrogens with zero attached hydrogens (tertiary/aromatic N) is 2. The van der Waals surface area contributed by atoms with E-state index in [4.69, 9.17) is 9.51 Å². The van der Waals surface area contributed by atoms with Crippen molar-refractivity contribution in [2.75, 3.05) is 0 Å². The van der Waals surface area contributed by atoms with Crippen LogP contribution in [0.2, 0.25) is 0 Å². The van der Waals surface area contributed by atoms with Gasteiger partial charge in [0.25, 0.3) is 5.89 Å². The highest BCUT2D eigenvalue weighted by molar-refractivity contribution is 5.53. The summed E-state index contributed by atoms with van der Waals surface area (Å²) >= 11 is 0. The van der Waals surface area contributed by atoms with Crippen molar-refractivity contribution in [3.05, 3.63) is 35.7 Å². The molecule has 0 unspecified atom stereocenters. The molecule has 2 fully saturated rings. The molecular weight excluding hydrogens is 392 g/mol. The number of unbranched alkanes of at least 4 members (excludes halogenated alkanes) is 3. The molecule has 1 heterocycles. The molecule has 2 aliphatic rings. The van der Waals surface area contributed by atoms with Crippen molar-refractivity contribution in [1.82, 2.24) is 10.1 Å². The molecule has 1 aromatic heterocycles. The van der Waals surface area contributed by atoms with Crippen LogP contribution in [-0.4, -0.2) is 10.1 Å². The van der Waals surface area contributed by atoms with Crippen LogP contribution in [0.4, 0.5) is 0 Å². The average molecular weight is 437 g/mol. The van der Waals surface area contributed by atoms with Crippen molar-refractivity contribution in [3.63, 3.8) is 0 Å². The third-order valence-electron chi connectivity index (χ3n) is 8.35. The van der Waals surface area contributed by atoms with Gasteiger partial charge in [-0.1, -0.05) is 76.1 Å². The van der Waals surface area contributed by atoms with Crippen LogP contribution in [0.5, 0.6) is 0 Å². The molecule has 3 heteroatoms. The van der Waals surface area contributed by atoms with Gasteiger partial charge in [0, 0.05) is 11.5 Å². The van der Waals surface area contributed by atoms with Gasteiger partial charge >= 0.3 is 0 Å². The second-order valence-corrected chi connectivity index (χ2v) is 10.6. The van der Waals surface area contributed by atoms with Gasteiger partial charge in [0.05, 0.1) is 0 Å². The Morgan fingerprint density at radius 3 is 2.12 bits per heavy atom. The summed E-state index contributed by atoms with van der Waals surface area (Å²) in [5.41, 5.74) is 2.46. The molecule has 32 heavy (non-hydrogen) atoms. The van der Waals surface area contributed by atoms with Crippen molar-refractivity contribution < 1.29 is 4.52 Å². The Balaban J connectivity index is 1.25. The van der Waals surface area contributed by atoms with E-state index in [1.54, 1.807) is 0 Å². The van der Waals surface area contributed by atoms with Gasteiger partial charge in [-0.25, -0.2) is 0 Å². The summed E-state index contributed by atoms with van der Waals surface area (Å²) in [6.07, 6.45) is 20.3. The topological polar surface area (TPSA) is 38.9 Å². The first kappa shape index (κ1) is 23.5. The molecule has 1 aromatic carbocycles. The molecular formula is C29H44N2O. The van der Waals surface area contributed by atoms with Crippen LogP contribution in [0.1, 0.15) is 121 Å². The van der Waals surface area contributed by atoms with E-state index in [1.165, 1.54) is 102 Å². The molecule has 0 radical (unpaired) electrons. The Bertz CT molecular complexity index is 780. The molecule has 0 spiro atoms. The SMILES string of the molecule is CCCCCCc1ccc(-c2nc(C3CCC(C4CCC(CCC)CC4)CC3)no2)cc1. The smallest absolute Gasteiger partial charge is 0.257 e. The van der Waals surface area contributed by atoms with Gasteiger partial charge in [0.2, 0.25) is 0 Å². The molecule has 0 aliphatic heterocycles. The number of benzene rings is 1. The van der Waals surface area contributed by atoms with E-state index >= 15 is 0 Å². The van der Waals surface area contributed by atoms with E-state index in [2.05, 4.69) is 43.3 Å². The summed E-state index contributed by atoms with van der Waals surface area (Å²) in [4.78, 5) is 4.81. The summed E-state index contributed by atoms with van der Waals surface area (Å²) in [5, 5.41) is 4.39. The minimum Gasteiger partial charge on any atom is -0.334 e. The third kappa shape index (κ3) is 6.23. The average Bonchev–Trinajstić information content (AvgIpc) is 3.34. The summed E-state index contributed by atoms with van der Waals surface area (Å²) in [7, 11) is 0. The maximum Gasteiger partial charge on any atom is 0.257 e. The lowest BCUT2D eigenvalue weighted by molar-refractivity contribution is 0.155. The number of aryl methyl sites for hydroxylation is 1. The molecule has 176 valence electrons. The maximum absolute atomic E-state index is 5.67. The van der Waals surface area contributed by atoms with Gasteiger partial charge in [-0.05, 0) is 86.8 Å². The first-order chi connectivity index (χ1) is 15.8. The van der Waals surface area contributed by atoms with Gasteiger partial charge < -0.3 is 4.52 Å². The van der Waals surface area contributed by atoms with E-state index in [-0.39, 0.29) is 0 Å². The van der Waals surface area contributed by atoms with Crippen LogP contribution in [0.3, 0.4) is 0 Å². The first-order valence-electron chi connectivity index (χ1n) is 13.7. The molecule has 2 aromatic rings. The highest BCUT2D eigenvalue weighted by Gasteiger charge is 2.32. The van der Waals surface area contributed by atoms with E-state index in [0.717, 1.165) is 29.1 Å². The highest BCUT2D eigenvalue weighted by atomic mass is 16.5. The Labute approximate surface area is 195 Å². The van der Waals surface area contributed by atoms with Crippen molar-refractivity contribution in [1.29, 1.82) is 0 Å². The lowest BCUT2D eigenvalue weighted by Crippen LogP contribution is -2.25. The normalized spacial score (nSPS) is 26.3. The van der Waals surface area contributed by atoms with E-state index in [9.17, 15) is 0 Å². The lowest BCUT2D eigenvalue weighted by Gasteiger charge is -2.37. The fourth-order valence-corrected chi connectivity index (χ4v) is 6.29. The molecule has 0 atom stereocenters. The Hall–Kier alpha value is -1.64. The van der Waals surface area contributed by atoms with Crippen LogP contribution >= 0.6 is 0 Å². The molecule has 0 amide bonds. The van der Waals surface area contributed by atoms with Crippen molar-refractivity contribution in [3.8, 4) is 11.5 Å². The molecule has 0 saturated heterocycles. The Morgan fingerprint density at radius 2 is 1.47 bits per heavy atom. The van der Waals surface area contributed by atoms with Crippen LogP contribution in [0.25, 0.3) is 11.5 Å². The number of hydrogen-bond acceptors (Lipinski definition) is 3. The quantitative estimate of drug-likeness (QED) is 0.349. The molecule has 4 rings (SSSR count). The van der Waals surface area contributed by atoms with Crippen molar-refractivity contribution >= 4 is 0 Å². The molecule has 2 aliphatic carbocycles. The molecule has 0 bridgehead atoms. The van der Waals surface area contributed by atoms with Crippen LogP contribution in [0, 0.1) is 17.8 Å². The fraction of sp³-hybridized carbons (Fsp3) is 0.724. The molecule has 3 nitrogen and oxygen atoms in total. The van der Waals surface area contributed by atoms with Gasteiger partial charge in [-0.3, -0.25) is 0 Å². The minimum atomic E-state index is 0.484. The van der Waals surface area contributed by atoms with Crippen LogP contribution < -0.4 is 0 Å². The fourth-order valence-electron chi connectivity index (χ4n) is 6.29. The lowest BCUT2D eigenvalue weighted by atomic mass is 9.68. The molecule has 2 saturated carbocycles. The second kappa shape index (κ2) is 12.0. The van der Waals surface area contributed by atoms with Gasteiger partial charge in [-0.15, -0.1) is 0 Å². The standard InChI is InChI=1S/C29H44N2O/c1-3-5-6-7-9-23-12-16-27(17-13-23)29-30-28(31-32-29)26-20-18-25(19-21-26)24-14-10-22(8-4-2)11-15-24/h12-13,16-17,22,24-26H,3-11,14-15,18-21H2,1-2H3. The van der Waals surface area contributed by atoms with Crippen molar-refractivity contribution in [2.24, 2.45) is 17.8 Å². The zero-order chi connectivity index (χ0) is 22.2. The summed E-state index contributed by atoms with van der Waals surface area (Å²) in [5.74, 6) is 5.04. The zero-order valence-corrected chi connectivity index (χ0v) is 20.5. The Morgan fingerprint density at radius 1 is 0.781 bits per heavy atom. The number of aromatic nitrogens is 2. The largest absolute Gasteiger partial charge is 0.334 e. The third-order valence-corrected chi connectivity index (χ3v) is 8.35. The first-order valence-corrected chi connectivity index (χ1v) is 13.7. The number of rotatable bonds is 10. The summed E-state index contributed by atoms with van der Waals surface area (Å²) in [6, 6.07) is 8.76. The molecule has 0 N–H and O–H groups in total. The predicted octanol–water partition coefficient (Wildman–Crippen LogP) is 8.74. The van der Waals surface area contributed by atoms with Crippen LogP contribution in [-0.2, 0) is 6.42 Å². The van der Waals surface area contributed by atoms with E-state index < -0.39 is 0 Å². The van der Waals surface area contributed by atoms with Gasteiger partial charge in [-0.2, -0.15) is 4.98 Å². The van der Waals surface area contributed by atoms with Crippen molar-refractivity contribution in [2.45, 2.75) is 116 Å². The minimum absolute atomic E-state index is 0.484. The van der Waals surface area contributed by atoms with Gasteiger partial charge in [0.1, 0.15) is 0 Å². The summed E-state index contributed by atoms with van der Waals surface area (Å²) in [6.45, 7) is 4.60.